The van der Waals surface area contributed by atoms with Gasteiger partial charge in [-0.1, -0.05) is 6.07 Å². The van der Waals surface area contributed by atoms with Crippen LogP contribution < -0.4 is 5.32 Å². The molecule has 5 heteroatoms. The van der Waals surface area contributed by atoms with Crippen LogP contribution in [0.15, 0.2) is 22.7 Å². The molecule has 0 saturated heterocycles. The minimum absolute atomic E-state index is 0.206. The molecular formula is C14H17BrFNO2. The largest absolute Gasteiger partial charge is 0.381 e. The van der Waals surface area contributed by atoms with Crippen molar-refractivity contribution in [3.8, 4) is 0 Å². The van der Waals surface area contributed by atoms with E-state index >= 15 is 0 Å². The van der Waals surface area contributed by atoms with E-state index in [0.29, 0.717) is 18.7 Å². The van der Waals surface area contributed by atoms with Gasteiger partial charge in [0.15, 0.2) is 0 Å². The number of benzene rings is 1. The van der Waals surface area contributed by atoms with E-state index in [-0.39, 0.29) is 10.4 Å². The number of carbonyl (C=O) groups is 1. The van der Waals surface area contributed by atoms with E-state index in [1.807, 2.05) is 0 Å². The van der Waals surface area contributed by atoms with Gasteiger partial charge in [-0.05, 0) is 53.2 Å². The molecule has 2 rings (SSSR count). The van der Waals surface area contributed by atoms with Crippen molar-refractivity contribution in [1.82, 2.24) is 5.32 Å². The Morgan fingerprint density at radius 1 is 1.47 bits per heavy atom. The predicted octanol–water partition coefficient (Wildman–Crippen LogP) is 3.13. The molecule has 0 unspecified atom stereocenters. The highest BCUT2D eigenvalue weighted by Gasteiger charge is 2.20. The minimum Gasteiger partial charge on any atom is -0.381 e. The SMILES string of the molecule is O=C(NCCCOCC1CC1)c1cccc(F)c1Br. The van der Waals surface area contributed by atoms with Gasteiger partial charge in [-0.2, -0.15) is 0 Å². The van der Waals surface area contributed by atoms with Gasteiger partial charge in [0.2, 0.25) is 0 Å². The Kier molecular flexibility index (Phi) is 5.34. The zero-order valence-electron chi connectivity index (χ0n) is 10.6. The predicted molar refractivity (Wildman–Crippen MR) is 74.6 cm³/mol. The van der Waals surface area contributed by atoms with Crippen LogP contribution in [-0.2, 0) is 4.74 Å². The molecule has 1 N–H and O–H groups in total. The summed E-state index contributed by atoms with van der Waals surface area (Å²) in [7, 11) is 0. The second-order valence-electron chi connectivity index (χ2n) is 4.73. The molecule has 1 aliphatic rings. The van der Waals surface area contributed by atoms with Crippen molar-refractivity contribution in [2.45, 2.75) is 19.3 Å². The Morgan fingerprint density at radius 2 is 2.26 bits per heavy atom. The average Bonchev–Trinajstić information content (AvgIpc) is 3.20. The number of hydrogen-bond acceptors (Lipinski definition) is 2. The van der Waals surface area contributed by atoms with E-state index in [1.165, 1.54) is 25.0 Å². The molecule has 0 aromatic heterocycles. The summed E-state index contributed by atoms with van der Waals surface area (Å²) in [4.78, 5) is 11.8. The Labute approximate surface area is 120 Å². The van der Waals surface area contributed by atoms with Crippen LogP contribution in [0.1, 0.15) is 29.6 Å². The number of nitrogens with one attached hydrogen (secondary N) is 1. The number of hydrogen-bond donors (Lipinski definition) is 1. The third kappa shape index (κ3) is 4.58. The lowest BCUT2D eigenvalue weighted by atomic mass is 10.2. The lowest BCUT2D eigenvalue weighted by molar-refractivity contribution is 0.0936. The second kappa shape index (κ2) is 7.01. The summed E-state index contributed by atoms with van der Waals surface area (Å²) in [6.07, 6.45) is 3.33. The monoisotopic (exact) mass is 329 g/mol. The highest BCUT2D eigenvalue weighted by Crippen LogP contribution is 2.28. The smallest absolute Gasteiger partial charge is 0.252 e. The fraction of sp³-hybridized carbons (Fsp3) is 0.500. The molecule has 19 heavy (non-hydrogen) atoms. The van der Waals surface area contributed by atoms with Crippen LogP contribution in [-0.4, -0.2) is 25.7 Å². The van der Waals surface area contributed by atoms with Crippen molar-refractivity contribution in [3.05, 3.63) is 34.1 Å². The second-order valence-corrected chi connectivity index (χ2v) is 5.52. The fourth-order valence-electron chi connectivity index (χ4n) is 1.69. The van der Waals surface area contributed by atoms with Crippen LogP contribution >= 0.6 is 15.9 Å². The zero-order valence-corrected chi connectivity index (χ0v) is 12.2. The summed E-state index contributed by atoms with van der Waals surface area (Å²) in [5, 5.41) is 2.76. The topological polar surface area (TPSA) is 38.3 Å². The summed E-state index contributed by atoms with van der Waals surface area (Å²) in [5.41, 5.74) is 0.318. The summed E-state index contributed by atoms with van der Waals surface area (Å²) in [6.45, 7) is 2.02. The highest BCUT2D eigenvalue weighted by atomic mass is 79.9. The summed E-state index contributed by atoms with van der Waals surface area (Å²) in [5.74, 6) is 0.0619. The molecule has 1 aromatic rings. The Balaban J connectivity index is 1.67. The van der Waals surface area contributed by atoms with Crippen LogP contribution in [0.2, 0.25) is 0 Å². The van der Waals surface area contributed by atoms with Crippen LogP contribution in [0, 0.1) is 11.7 Å². The molecule has 1 saturated carbocycles. The standard InChI is InChI=1S/C14H17BrFNO2/c15-13-11(3-1-4-12(13)16)14(18)17-7-2-8-19-9-10-5-6-10/h1,3-4,10H,2,5-9H2,(H,17,18). The molecule has 0 heterocycles. The first-order chi connectivity index (χ1) is 9.18. The third-order valence-electron chi connectivity index (χ3n) is 3.00. The lowest BCUT2D eigenvalue weighted by Crippen LogP contribution is -2.25. The van der Waals surface area contributed by atoms with E-state index in [1.54, 1.807) is 6.07 Å². The number of ether oxygens (including phenoxy) is 1. The zero-order chi connectivity index (χ0) is 13.7. The first-order valence-electron chi connectivity index (χ1n) is 6.48. The van der Waals surface area contributed by atoms with E-state index < -0.39 is 5.82 Å². The minimum atomic E-state index is -0.430. The number of amides is 1. The first kappa shape index (κ1) is 14.5. The lowest BCUT2D eigenvalue weighted by Gasteiger charge is -2.07. The van der Waals surface area contributed by atoms with Gasteiger partial charge in [0.05, 0.1) is 10.0 Å². The maximum absolute atomic E-state index is 13.3. The quantitative estimate of drug-likeness (QED) is 0.780. The van der Waals surface area contributed by atoms with Gasteiger partial charge in [-0.25, -0.2) is 4.39 Å². The van der Waals surface area contributed by atoms with Gasteiger partial charge >= 0.3 is 0 Å². The molecule has 1 aliphatic carbocycles. The third-order valence-corrected chi connectivity index (χ3v) is 3.80. The van der Waals surface area contributed by atoms with Crippen molar-refractivity contribution in [3.63, 3.8) is 0 Å². The first-order valence-corrected chi connectivity index (χ1v) is 7.27. The van der Waals surface area contributed by atoms with Crippen LogP contribution in [0.4, 0.5) is 4.39 Å². The molecule has 3 nitrogen and oxygen atoms in total. The van der Waals surface area contributed by atoms with Gasteiger partial charge in [0.1, 0.15) is 5.82 Å². The van der Waals surface area contributed by atoms with Crippen molar-refractivity contribution < 1.29 is 13.9 Å². The summed E-state index contributed by atoms with van der Waals surface area (Å²) in [6, 6.07) is 4.42. The van der Waals surface area contributed by atoms with E-state index in [0.717, 1.165) is 18.9 Å². The maximum atomic E-state index is 13.3. The van der Waals surface area contributed by atoms with Crippen molar-refractivity contribution in [2.24, 2.45) is 5.92 Å². The van der Waals surface area contributed by atoms with Gasteiger partial charge in [-0.3, -0.25) is 4.79 Å². The molecule has 0 radical (unpaired) electrons. The van der Waals surface area contributed by atoms with Gasteiger partial charge < -0.3 is 10.1 Å². The van der Waals surface area contributed by atoms with Gasteiger partial charge in [-0.15, -0.1) is 0 Å². The Bertz CT molecular complexity index is 449. The normalized spacial score (nSPS) is 14.4. The molecule has 0 atom stereocenters. The summed E-state index contributed by atoms with van der Waals surface area (Å²) < 4.78 is 18.9. The highest BCUT2D eigenvalue weighted by molar-refractivity contribution is 9.10. The molecular weight excluding hydrogens is 313 g/mol. The number of halogens is 2. The molecule has 0 spiro atoms. The fourth-order valence-corrected chi connectivity index (χ4v) is 2.13. The number of rotatable bonds is 7. The van der Waals surface area contributed by atoms with E-state index in [2.05, 4.69) is 21.2 Å². The van der Waals surface area contributed by atoms with Crippen LogP contribution in [0.5, 0.6) is 0 Å². The Hall–Kier alpha value is -0.940. The maximum Gasteiger partial charge on any atom is 0.252 e. The average molecular weight is 330 g/mol. The van der Waals surface area contributed by atoms with E-state index in [9.17, 15) is 9.18 Å². The Morgan fingerprint density at radius 3 is 3.00 bits per heavy atom. The molecule has 0 aliphatic heterocycles. The van der Waals surface area contributed by atoms with Crippen molar-refractivity contribution >= 4 is 21.8 Å². The van der Waals surface area contributed by atoms with Crippen LogP contribution in [0.25, 0.3) is 0 Å². The molecule has 1 aromatic carbocycles. The van der Waals surface area contributed by atoms with Gasteiger partial charge in [0, 0.05) is 19.8 Å². The summed E-state index contributed by atoms with van der Waals surface area (Å²) >= 11 is 3.08. The van der Waals surface area contributed by atoms with Crippen molar-refractivity contribution in [1.29, 1.82) is 0 Å². The van der Waals surface area contributed by atoms with Crippen molar-refractivity contribution in [2.75, 3.05) is 19.8 Å². The number of carbonyl (C=O) groups excluding carboxylic acids is 1. The van der Waals surface area contributed by atoms with Gasteiger partial charge in [0.25, 0.3) is 5.91 Å². The molecule has 104 valence electrons. The molecule has 1 fully saturated rings. The molecule has 0 bridgehead atoms. The van der Waals surface area contributed by atoms with Crippen LogP contribution in [0.3, 0.4) is 0 Å². The van der Waals surface area contributed by atoms with E-state index in [4.69, 9.17) is 4.74 Å². The molecule has 1 amide bonds.